The molecule has 1 amide bonds. The molecular formula is C19H34IN5O. The standard InChI is InChI=1S/C19H33N5O.HI/c1-5-24(6-2)14-8-12-22-19(21-4)23-13-11-16-9-7-10-17(15-16)18(25)20-3;/h7,9-10,15H,5-6,8,11-14H2,1-4H3,(H,20,25)(H2,21,22,23);1H. The second-order valence-electron chi connectivity index (χ2n) is 5.84. The highest BCUT2D eigenvalue weighted by Crippen LogP contribution is 2.05. The van der Waals surface area contributed by atoms with Crippen LogP contribution in [-0.4, -0.2) is 63.6 Å². The molecule has 0 radical (unpaired) electrons. The molecule has 0 atom stereocenters. The van der Waals surface area contributed by atoms with Crippen molar-refractivity contribution in [3.8, 4) is 0 Å². The summed E-state index contributed by atoms with van der Waals surface area (Å²) in [5, 5.41) is 9.32. The minimum absolute atomic E-state index is 0. The van der Waals surface area contributed by atoms with E-state index >= 15 is 0 Å². The second-order valence-corrected chi connectivity index (χ2v) is 5.84. The molecule has 0 bridgehead atoms. The van der Waals surface area contributed by atoms with Crippen LogP contribution < -0.4 is 16.0 Å². The molecule has 0 heterocycles. The van der Waals surface area contributed by atoms with E-state index in [1.807, 2.05) is 24.3 Å². The van der Waals surface area contributed by atoms with Gasteiger partial charge in [-0.05, 0) is 50.2 Å². The highest BCUT2D eigenvalue weighted by atomic mass is 127. The topological polar surface area (TPSA) is 68.8 Å². The van der Waals surface area contributed by atoms with Crippen molar-refractivity contribution >= 4 is 35.8 Å². The molecule has 1 aromatic rings. The third-order valence-electron chi connectivity index (χ3n) is 4.18. The van der Waals surface area contributed by atoms with Crippen molar-refractivity contribution in [3.63, 3.8) is 0 Å². The van der Waals surface area contributed by atoms with E-state index < -0.39 is 0 Å². The highest BCUT2D eigenvalue weighted by molar-refractivity contribution is 14.0. The van der Waals surface area contributed by atoms with Gasteiger partial charge in [-0.15, -0.1) is 24.0 Å². The summed E-state index contributed by atoms with van der Waals surface area (Å²) in [4.78, 5) is 18.3. The van der Waals surface area contributed by atoms with Crippen LogP contribution >= 0.6 is 24.0 Å². The van der Waals surface area contributed by atoms with E-state index in [1.165, 1.54) is 0 Å². The predicted octanol–water partition coefficient (Wildman–Crippen LogP) is 2.10. The number of amides is 1. The SMILES string of the molecule is CCN(CC)CCCNC(=NC)NCCc1cccc(C(=O)NC)c1.I. The molecule has 0 unspecified atom stereocenters. The van der Waals surface area contributed by atoms with Gasteiger partial charge in [-0.3, -0.25) is 9.79 Å². The molecule has 0 spiro atoms. The molecule has 0 aliphatic carbocycles. The van der Waals surface area contributed by atoms with E-state index in [1.54, 1.807) is 14.1 Å². The molecule has 0 saturated heterocycles. The molecule has 1 aromatic carbocycles. The molecule has 148 valence electrons. The lowest BCUT2D eigenvalue weighted by Gasteiger charge is -2.18. The number of hydrogen-bond acceptors (Lipinski definition) is 3. The number of nitrogens with zero attached hydrogens (tertiary/aromatic N) is 2. The fourth-order valence-electron chi connectivity index (χ4n) is 2.61. The molecular weight excluding hydrogens is 441 g/mol. The van der Waals surface area contributed by atoms with E-state index in [-0.39, 0.29) is 29.9 Å². The molecule has 0 aromatic heterocycles. The van der Waals surface area contributed by atoms with Gasteiger partial charge < -0.3 is 20.9 Å². The number of benzene rings is 1. The lowest BCUT2D eigenvalue weighted by Crippen LogP contribution is -2.39. The first-order valence-electron chi connectivity index (χ1n) is 9.12. The summed E-state index contributed by atoms with van der Waals surface area (Å²) >= 11 is 0. The summed E-state index contributed by atoms with van der Waals surface area (Å²) in [6, 6.07) is 7.71. The summed E-state index contributed by atoms with van der Waals surface area (Å²) in [6.07, 6.45) is 1.93. The summed E-state index contributed by atoms with van der Waals surface area (Å²) in [5.41, 5.74) is 1.82. The molecule has 0 saturated carbocycles. The number of rotatable bonds is 10. The summed E-state index contributed by atoms with van der Waals surface area (Å²) in [6.45, 7) is 9.35. The Morgan fingerprint density at radius 2 is 1.85 bits per heavy atom. The monoisotopic (exact) mass is 475 g/mol. The first-order chi connectivity index (χ1) is 12.1. The van der Waals surface area contributed by atoms with Crippen molar-refractivity contribution in [2.45, 2.75) is 26.7 Å². The van der Waals surface area contributed by atoms with Crippen molar-refractivity contribution in [2.75, 3.05) is 46.8 Å². The van der Waals surface area contributed by atoms with Gasteiger partial charge in [0.15, 0.2) is 5.96 Å². The van der Waals surface area contributed by atoms with Gasteiger partial charge in [-0.2, -0.15) is 0 Å². The number of halogens is 1. The Labute approximate surface area is 175 Å². The fraction of sp³-hybridized carbons (Fsp3) is 0.579. The molecule has 3 N–H and O–H groups in total. The molecule has 0 aliphatic heterocycles. The van der Waals surface area contributed by atoms with Gasteiger partial charge in [0.25, 0.3) is 5.91 Å². The lowest BCUT2D eigenvalue weighted by molar-refractivity contribution is 0.0963. The normalized spacial score (nSPS) is 11.0. The maximum atomic E-state index is 11.7. The van der Waals surface area contributed by atoms with E-state index in [2.05, 4.69) is 39.7 Å². The first kappa shape index (κ1) is 24.7. The second kappa shape index (κ2) is 14.8. The van der Waals surface area contributed by atoms with Crippen LogP contribution in [0, 0.1) is 0 Å². The van der Waals surface area contributed by atoms with Crippen LogP contribution in [-0.2, 0) is 6.42 Å². The number of aliphatic imine (C=N–C) groups is 1. The van der Waals surface area contributed by atoms with Crippen LogP contribution in [0.1, 0.15) is 36.2 Å². The maximum absolute atomic E-state index is 11.7. The number of guanidine groups is 1. The van der Waals surface area contributed by atoms with Crippen molar-refractivity contribution in [1.82, 2.24) is 20.9 Å². The van der Waals surface area contributed by atoms with Crippen LogP contribution in [0.3, 0.4) is 0 Å². The Balaban J connectivity index is 0.00000625. The molecule has 7 heteroatoms. The summed E-state index contributed by atoms with van der Waals surface area (Å²) in [5.74, 6) is 0.766. The van der Waals surface area contributed by atoms with Crippen LogP contribution in [0.2, 0.25) is 0 Å². The number of nitrogens with one attached hydrogen (secondary N) is 3. The van der Waals surface area contributed by atoms with Gasteiger partial charge in [0, 0.05) is 32.7 Å². The zero-order chi connectivity index (χ0) is 18.5. The quantitative estimate of drug-likeness (QED) is 0.210. The maximum Gasteiger partial charge on any atom is 0.251 e. The van der Waals surface area contributed by atoms with Crippen molar-refractivity contribution in [3.05, 3.63) is 35.4 Å². The Bertz CT molecular complexity index is 546. The van der Waals surface area contributed by atoms with Gasteiger partial charge in [-0.25, -0.2) is 0 Å². The van der Waals surface area contributed by atoms with Crippen LogP contribution in [0.25, 0.3) is 0 Å². The van der Waals surface area contributed by atoms with Crippen molar-refractivity contribution in [2.24, 2.45) is 4.99 Å². The van der Waals surface area contributed by atoms with Gasteiger partial charge in [0.2, 0.25) is 0 Å². The number of carbonyl (C=O) groups excluding carboxylic acids is 1. The van der Waals surface area contributed by atoms with E-state index in [0.717, 1.165) is 57.1 Å². The molecule has 1 rings (SSSR count). The smallest absolute Gasteiger partial charge is 0.251 e. The van der Waals surface area contributed by atoms with E-state index in [4.69, 9.17) is 0 Å². The number of hydrogen-bond donors (Lipinski definition) is 3. The van der Waals surface area contributed by atoms with Gasteiger partial charge in [0.1, 0.15) is 0 Å². The zero-order valence-corrected chi connectivity index (χ0v) is 18.8. The third kappa shape index (κ3) is 9.38. The minimum Gasteiger partial charge on any atom is -0.356 e. The fourth-order valence-corrected chi connectivity index (χ4v) is 2.61. The van der Waals surface area contributed by atoms with Gasteiger partial charge >= 0.3 is 0 Å². The van der Waals surface area contributed by atoms with Crippen molar-refractivity contribution < 1.29 is 4.79 Å². The third-order valence-corrected chi connectivity index (χ3v) is 4.18. The average molecular weight is 475 g/mol. The Morgan fingerprint density at radius 1 is 1.15 bits per heavy atom. The Hall–Kier alpha value is -1.35. The first-order valence-corrected chi connectivity index (χ1v) is 9.12. The Kier molecular flexibility index (Phi) is 14.0. The van der Waals surface area contributed by atoms with E-state index in [9.17, 15) is 4.79 Å². The lowest BCUT2D eigenvalue weighted by atomic mass is 10.1. The van der Waals surface area contributed by atoms with E-state index in [0.29, 0.717) is 5.56 Å². The van der Waals surface area contributed by atoms with Crippen LogP contribution in [0.5, 0.6) is 0 Å². The Morgan fingerprint density at radius 3 is 2.46 bits per heavy atom. The molecule has 26 heavy (non-hydrogen) atoms. The van der Waals surface area contributed by atoms with Gasteiger partial charge in [-0.1, -0.05) is 26.0 Å². The molecule has 0 fully saturated rings. The minimum atomic E-state index is -0.0551. The van der Waals surface area contributed by atoms with Gasteiger partial charge in [0.05, 0.1) is 0 Å². The highest BCUT2D eigenvalue weighted by Gasteiger charge is 2.04. The molecule has 0 aliphatic rings. The summed E-state index contributed by atoms with van der Waals surface area (Å²) < 4.78 is 0. The van der Waals surface area contributed by atoms with Crippen LogP contribution in [0.4, 0.5) is 0 Å². The molecule has 6 nitrogen and oxygen atoms in total. The summed E-state index contributed by atoms with van der Waals surface area (Å²) in [7, 11) is 3.43. The van der Waals surface area contributed by atoms with Crippen molar-refractivity contribution in [1.29, 1.82) is 0 Å². The largest absolute Gasteiger partial charge is 0.356 e. The van der Waals surface area contributed by atoms with Crippen LogP contribution in [0.15, 0.2) is 29.3 Å². The number of carbonyl (C=O) groups is 1. The predicted molar refractivity (Wildman–Crippen MR) is 121 cm³/mol. The average Bonchev–Trinajstić information content (AvgIpc) is 2.66. The zero-order valence-electron chi connectivity index (χ0n) is 16.5.